The molecule has 3 rings (SSSR count). The molecule has 2 aromatic carbocycles. The average Bonchev–Trinajstić information content (AvgIpc) is 3.40. The van der Waals surface area contributed by atoms with Gasteiger partial charge in [0.25, 0.3) is 5.91 Å². The molecular weight excluding hydrogens is 318 g/mol. The maximum atomic E-state index is 12.3. The molecule has 3 N–H and O–H groups in total. The van der Waals surface area contributed by atoms with Gasteiger partial charge in [-0.1, -0.05) is 6.07 Å². The van der Waals surface area contributed by atoms with Crippen LogP contribution in [-0.4, -0.2) is 17.7 Å². The van der Waals surface area contributed by atoms with Gasteiger partial charge in [0, 0.05) is 35.5 Å². The molecule has 6 nitrogen and oxygen atoms in total. The number of amides is 3. The number of benzene rings is 2. The minimum Gasteiger partial charge on any atom is -0.326 e. The Labute approximate surface area is 145 Å². The summed E-state index contributed by atoms with van der Waals surface area (Å²) in [5.41, 5.74) is 2.36. The summed E-state index contributed by atoms with van der Waals surface area (Å²) in [7, 11) is 0. The Morgan fingerprint density at radius 1 is 0.840 bits per heavy atom. The van der Waals surface area contributed by atoms with Crippen molar-refractivity contribution >= 4 is 34.8 Å². The summed E-state index contributed by atoms with van der Waals surface area (Å²) < 4.78 is 0. The second kappa shape index (κ2) is 7.17. The largest absolute Gasteiger partial charge is 0.326 e. The van der Waals surface area contributed by atoms with E-state index < -0.39 is 0 Å². The second-order valence-corrected chi connectivity index (χ2v) is 6.06. The summed E-state index contributed by atoms with van der Waals surface area (Å²) in [6.07, 6.45) is 1.90. The number of anilines is 3. The third-order valence-corrected chi connectivity index (χ3v) is 3.80. The van der Waals surface area contributed by atoms with Gasteiger partial charge >= 0.3 is 0 Å². The van der Waals surface area contributed by atoms with Crippen LogP contribution in [0.1, 0.15) is 30.1 Å². The SMILES string of the molecule is CC(=O)Nc1cccc(NC(=O)c2ccc(NC(=O)C3CC3)cc2)c1. The van der Waals surface area contributed by atoms with Crippen molar-refractivity contribution in [2.75, 3.05) is 16.0 Å². The van der Waals surface area contributed by atoms with Gasteiger partial charge in [0.1, 0.15) is 0 Å². The van der Waals surface area contributed by atoms with Crippen molar-refractivity contribution in [2.45, 2.75) is 19.8 Å². The molecule has 0 radical (unpaired) electrons. The molecule has 1 saturated carbocycles. The fourth-order valence-electron chi connectivity index (χ4n) is 2.38. The smallest absolute Gasteiger partial charge is 0.255 e. The van der Waals surface area contributed by atoms with E-state index >= 15 is 0 Å². The molecule has 1 fully saturated rings. The molecule has 0 heterocycles. The van der Waals surface area contributed by atoms with E-state index in [9.17, 15) is 14.4 Å². The van der Waals surface area contributed by atoms with Crippen molar-refractivity contribution < 1.29 is 14.4 Å². The van der Waals surface area contributed by atoms with Crippen molar-refractivity contribution in [2.24, 2.45) is 5.92 Å². The van der Waals surface area contributed by atoms with E-state index in [1.807, 2.05) is 0 Å². The molecule has 0 aromatic heterocycles. The fourth-order valence-corrected chi connectivity index (χ4v) is 2.38. The highest BCUT2D eigenvalue weighted by Crippen LogP contribution is 2.30. The molecule has 0 aliphatic heterocycles. The molecule has 2 aromatic rings. The Balaban J connectivity index is 1.62. The minimum atomic E-state index is -0.264. The number of rotatable bonds is 5. The van der Waals surface area contributed by atoms with E-state index in [0.29, 0.717) is 22.6 Å². The van der Waals surface area contributed by atoms with E-state index in [1.165, 1.54) is 6.92 Å². The Morgan fingerprint density at radius 2 is 1.48 bits per heavy atom. The monoisotopic (exact) mass is 337 g/mol. The van der Waals surface area contributed by atoms with Crippen LogP contribution >= 0.6 is 0 Å². The van der Waals surface area contributed by atoms with Crippen LogP contribution in [-0.2, 0) is 9.59 Å². The number of carbonyl (C=O) groups excluding carboxylic acids is 3. The summed E-state index contributed by atoms with van der Waals surface area (Å²) in [6.45, 7) is 1.43. The third-order valence-electron chi connectivity index (χ3n) is 3.80. The van der Waals surface area contributed by atoms with Gasteiger partial charge in [-0.3, -0.25) is 14.4 Å². The van der Waals surface area contributed by atoms with Crippen LogP contribution in [0.2, 0.25) is 0 Å². The number of carbonyl (C=O) groups is 3. The number of hydrogen-bond donors (Lipinski definition) is 3. The zero-order valence-corrected chi connectivity index (χ0v) is 13.8. The maximum Gasteiger partial charge on any atom is 0.255 e. The maximum absolute atomic E-state index is 12.3. The van der Waals surface area contributed by atoms with Crippen LogP contribution in [0.3, 0.4) is 0 Å². The predicted octanol–water partition coefficient (Wildman–Crippen LogP) is 3.25. The van der Waals surface area contributed by atoms with Gasteiger partial charge in [0.15, 0.2) is 0 Å². The molecule has 0 bridgehead atoms. The summed E-state index contributed by atoms with van der Waals surface area (Å²) in [5, 5.41) is 8.28. The lowest BCUT2D eigenvalue weighted by molar-refractivity contribution is -0.117. The molecule has 128 valence electrons. The van der Waals surface area contributed by atoms with Crippen molar-refractivity contribution in [1.29, 1.82) is 0 Å². The first kappa shape index (κ1) is 16.7. The van der Waals surface area contributed by atoms with Crippen LogP contribution in [0.15, 0.2) is 48.5 Å². The summed E-state index contributed by atoms with van der Waals surface area (Å²) >= 11 is 0. The molecule has 3 amide bonds. The first-order valence-electron chi connectivity index (χ1n) is 8.11. The predicted molar refractivity (Wildman–Crippen MR) is 96.5 cm³/mol. The number of hydrogen-bond acceptors (Lipinski definition) is 3. The van der Waals surface area contributed by atoms with Crippen molar-refractivity contribution in [3.05, 3.63) is 54.1 Å². The van der Waals surface area contributed by atoms with Gasteiger partial charge in [-0.05, 0) is 55.3 Å². The van der Waals surface area contributed by atoms with E-state index in [1.54, 1.807) is 48.5 Å². The van der Waals surface area contributed by atoms with Gasteiger partial charge in [0.2, 0.25) is 11.8 Å². The lowest BCUT2D eigenvalue weighted by Crippen LogP contribution is -2.14. The number of nitrogens with one attached hydrogen (secondary N) is 3. The first-order valence-corrected chi connectivity index (χ1v) is 8.11. The minimum absolute atomic E-state index is 0.0342. The van der Waals surface area contributed by atoms with Crippen molar-refractivity contribution in [3.63, 3.8) is 0 Å². The molecule has 6 heteroatoms. The van der Waals surface area contributed by atoms with Crippen LogP contribution in [0.4, 0.5) is 17.1 Å². The molecular formula is C19H19N3O3. The highest BCUT2D eigenvalue weighted by atomic mass is 16.2. The zero-order valence-electron chi connectivity index (χ0n) is 13.8. The Kier molecular flexibility index (Phi) is 4.79. The van der Waals surface area contributed by atoms with E-state index in [0.717, 1.165) is 12.8 Å². The molecule has 0 atom stereocenters. The van der Waals surface area contributed by atoms with Crippen LogP contribution in [0.5, 0.6) is 0 Å². The Morgan fingerprint density at radius 3 is 2.08 bits per heavy atom. The quantitative estimate of drug-likeness (QED) is 0.782. The van der Waals surface area contributed by atoms with Crippen molar-refractivity contribution in [1.82, 2.24) is 0 Å². The van der Waals surface area contributed by atoms with Gasteiger partial charge in [0.05, 0.1) is 0 Å². The molecule has 0 saturated heterocycles. The Hall–Kier alpha value is -3.15. The molecule has 25 heavy (non-hydrogen) atoms. The van der Waals surface area contributed by atoms with Gasteiger partial charge in [-0.15, -0.1) is 0 Å². The summed E-state index contributed by atoms with van der Waals surface area (Å²) in [4.78, 5) is 35.1. The second-order valence-electron chi connectivity index (χ2n) is 6.06. The summed E-state index contributed by atoms with van der Waals surface area (Å²) in [5.74, 6) is -0.266. The topological polar surface area (TPSA) is 87.3 Å². The van der Waals surface area contributed by atoms with Crippen molar-refractivity contribution in [3.8, 4) is 0 Å². The lowest BCUT2D eigenvalue weighted by Gasteiger charge is -2.09. The van der Waals surface area contributed by atoms with Gasteiger partial charge in [-0.2, -0.15) is 0 Å². The molecule has 1 aliphatic rings. The van der Waals surface area contributed by atoms with E-state index in [2.05, 4.69) is 16.0 Å². The third kappa shape index (κ3) is 4.67. The van der Waals surface area contributed by atoms with Gasteiger partial charge < -0.3 is 16.0 Å². The standard InChI is InChI=1S/C19H19N3O3/c1-12(23)20-16-3-2-4-17(11-16)22-19(25)14-7-9-15(10-8-14)21-18(24)13-5-6-13/h2-4,7-11,13H,5-6H2,1H3,(H,20,23)(H,21,24)(H,22,25). The van der Waals surface area contributed by atoms with Gasteiger partial charge in [-0.25, -0.2) is 0 Å². The van der Waals surface area contributed by atoms with E-state index in [4.69, 9.17) is 0 Å². The highest BCUT2D eigenvalue weighted by Gasteiger charge is 2.29. The van der Waals surface area contributed by atoms with Crippen LogP contribution < -0.4 is 16.0 Å². The average molecular weight is 337 g/mol. The Bertz CT molecular complexity index is 811. The zero-order chi connectivity index (χ0) is 17.8. The van der Waals surface area contributed by atoms with Crippen LogP contribution in [0.25, 0.3) is 0 Å². The first-order chi connectivity index (χ1) is 12.0. The van der Waals surface area contributed by atoms with E-state index in [-0.39, 0.29) is 23.6 Å². The summed E-state index contributed by atoms with van der Waals surface area (Å²) in [6, 6.07) is 13.7. The highest BCUT2D eigenvalue weighted by molar-refractivity contribution is 6.05. The molecule has 1 aliphatic carbocycles. The molecule has 0 spiro atoms. The lowest BCUT2D eigenvalue weighted by atomic mass is 10.2. The van der Waals surface area contributed by atoms with Crippen LogP contribution in [0, 0.1) is 5.92 Å². The fraction of sp³-hybridized carbons (Fsp3) is 0.211. The normalized spacial score (nSPS) is 13.0. The molecule has 0 unspecified atom stereocenters.